The molecule has 0 atom stereocenters. The lowest BCUT2D eigenvalue weighted by Crippen LogP contribution is -2.39. The van der Waals surface area contributed by atoms with Crippen molar-refractivity contribution in [3.8, 4) is 0 Å². The SMILES string of the molecule is CCOC(=O)C1=C(C)NC(C)=C(C(=O)OCC)C1C(=O)OCC(=O)Nc1cccc2c1C(=O)c1ccccc1C2=O. The number of ether oxygens (including phenoxy) is 3. The number of benzene rings is 2. The molecule has 0 bridgehead atoms. The summed E-state index contributed by atoms with van der Waals surface area (Å²) in [5.74, 6) is -5.83. The molecule has 0 saturated carbocycles. The Morgan fingerprint density at radius 3 is 1.85 bits per heavy atom. The van der Waals surface area contributed by atoms with Crippen LogP contribution in [0.1, 0.15) is 59.5 Å². The lowest BCUT2D eigenvalue weighted by atomic mass is 9.83. The van der Waals surface area contributed by atoms with Gasteiger partial charge in [-0.3, -0.25) is 19.2 Å². The monoisotopic (exact) mass is 560 g/mol. The molecule has 0 unspecified atom stereocenters. The smallest absolute Gasteiger partial charge is 0.337 e. The Morgan fingerprint density at radius 2 is 1.29 bits per heavy atom. The molecular formula is C30H28N2O9. The summed E-state index contributed by atoms with van der Waals surface area (Å²) < 4.78 is 15.5. The van der Waals surface area contributed by atoms with E-state index in [-0.39, 0.29) is 69.5 Å². The van der Waals surface area contributed by atoms with Gasteiger partial charge < -0.3 is 24.8 Å². The first-order valence-electron chi connectivity index (χ1n) is 12.9. The molecule has 0 fully saturated rings. The lowest BCUT2D eigenvalue weighted by molar-refractivity contribution is -0.153. The maximum Gasteiger partial charge on any atom is 0.337 e. The van der Waals surface area contributed by atoms with Gasteiger partial charge in [-0.05, 0) is 33.8 Å². The van der Waals surface area contributed by atoms with Crippen molar-refractivity contribution in [2.75, 3.05) is 25.1 Å². The van der Waals surface area contributed by atoms with Crippen molar-refractivity contribution in [3.05, 3.63) is 87.3 Å². The van der Waals surface area contributed by atoms with Crippen molar-refractivity contribution in [2.45, 2.75) is 27.7 Å². The zero-order valence-corrected chi connectivity index (χ0v) is 22.9. The minimum atomic E-state index is -1.51. The predicted octanol–water partition coefficient (Wildman–Crippen LogP) is 2.84. The number of carbonyl (C=O) groups excluding carboxylic acids is 6. The van der Waals surface area contributed by atoms with Gasteiger partial charge >= 0.3 is 17.9 Å². The van der Waals surface area contributed by atoms with Crippen molar-refractivity contribution in [1.82, 2.24) is 5.32 Å². The van der Waals surface area contributed by atoms with Crippen LogP contribution in [-0.4, -0.2) is 55.2 Å². The summed E-state index contributed by atoms with van der Waals surface area (Å²) in [5.41, 5.74) is 0.982. The largest absolute Gasteiger partial charge is 0.463 e. The molecule has 0 radical (unpaired) electrons. The maximum absolute atomic E-state index is 13.3. The van der Waals surface area contributed by atoms with Gasteiger partial charge in [0.1, 0.15) is 5.92 Å². The topological polar surface area (TPSA) is 154 Å². The standard InChI is InChI=1S/C30H28N2O9/c1-5-39-28(36)22-15(3)31-16(4)23(29(37)40-6-2)25(22)30(38)41-14-21(33)32-20-13-9-12-19-24(20)27(35)18-11-8-7-10-17(18)26(19)34/h7-13,25,31H,5-6,14H2,1-4H3,(H,32,33). The molecule has 41 heavy (non-hydrogen) atoms. The Bertz CT molecular complexity index is 1510. The Hall–Kier alpha value is -5.06. The van der Waals surface area contributed by atoms with E-state index in [4.69, 9.17) is 14.2 Å². The van der Waals surface area contributed by atoms with Gasteiger partial charge in [-0.1, -0.05) is 36.4 Å². The lowest BCUT2D eigenvalue weighted by Gasteiger charge is -2.28. The molecule has 2 aromatic carbocycles. The molecular weight excluding hydrogens is 532 g/mol. The van der Waals surface area contributed by atoms with Crippen LogP contribution in [0, 0.1) is 5.92 Å². The zero-order valence-electron chi connectivity index (χ0n) is 22.9. The van der Waals surface area contributed by atoms with Gasteiger partial charge in [0.05, 0.1) is 35.6 Å². The third-order valence-electron chi connectivity index (χ3n) is 6.56. The quantitative estimate of drug-likeness (QED) is 0.310. The Morgan fingerprint density at radius 1 is 0.756 bits per heavy atom. The van der Waals surface area contributed by atoms with Crippen molar-refractivity contribution in [3.63, 3.8) is 0 Å². The molecule has 11 heteroatoms. The first-order valence-corrected chi connectivity index (χ1v) is 12.9. The molecule has 0 spiro atoms. The fourth-order valence-electron chi connectivity index (χ4n) is 4.84. The van der Waals surface area contributed by atoms with Gasteiger partial charge in [-0.2, -0.15) is 0 Å². The summed E-state index contributed by atoms with van der Waals surface area (Å²) >= 11 is 0. The van der Waals surface area contributed by atoms with Crippen molar-refractivity contribution in [2.24, 2.45) is 5.92 Å². The highest BCUT2D eigenvalue weighted by atomic mass is 16.5. The predicted molar refractivity (Wildman–Crippen MR) is 145 cm³/mol. The molecule has 4 rings (SSSR count). The minimum Gasteiger partial charge on any atom is -0.463 e. The van der Waals surface area contributed by atoms with Gasteiger partial charge in [0.15, 0.2) is 18.2 Å². The third-order valence-corrected chi connectivity index (χ3v) is 6.56. The van der Waals surface area contributed by atoms with Gasteiger partial charge in [-0.15, -0.1) is 0 Å². The summed E-state index contributed by atoms with van der Waals surface area (Å²) in [7, 11) is 0. The molecule has 1 amide bonds. The summed E-state index contributed by atoms with van der Waals surface area (Å²) in [4.78, 5) is 77.9. The number of amides is 1. The van der Waals surface area contributed by atoms with E-state index in [2.05, 4.69) is 10.6 Å². The highest BCUT2D eigenvalue weighted by Gasteiger charge is 2.42. The van der Waals surface area contributed by atoms with Gasteiger partial charge in [0.25, 0.3) is 5.91 Å². The maximum atomic E-state index is 13.3. The first-order chi connectivity index (χ1) is 19.6. The second kappa shape index (κ2) is 12.0. The second-order valence-corrected chi connectivity index (χ2v) is 9.16. The number of esters is 3. The number of nitrogens with one attached hydrogen (secondary N) is 2. The van der Waals surface area contributed by atoms with Crippen LogP contribution in [0.4, 0.5) is 5.69 Å². The Kier molecular flexibility index (Phi) is 8.46. The molecule has 0 saturated heterocycles. The van der Waals surface area contributed by atoms with E-state index in [0.29, 0.717) is 0 Å². The fourth-order valence-corrected chi connectivity index (χ4v) is 4.84. The number of anilines is 1. The van der Waals surface area contributed by atoms with Crippen LogP contribution in [0.5, 0.6) is 0 Å². The van der Waals surface area contributed by atoms with Gasteiger partial charge in [-0.25, -0.2) is 9.59 Å². The number of carbonyl (C=O) groups is 6. The van der Waals surface area contributed by atoms with Gasteiger partial charge in [0.2, 0.25) is 0 Å². The minimum absolute atomic E-state index is 0.0182. The number of hydrogen-bond acceptors (Lipinski definition) is 10. The van der Waals surface area contributed by atoms with Crippen molar-refractivity contribution < 1.29 is 43.0 Å². The molecule has 1 aliphatic heterocycles. The Labute approximate surface area is 235 Å². The van der Waals surface area contributed by atoms with E-state index in [0.717, 1.165) is 0 Å². The summed E-state index contributed by atoms with van der Waals surface area (Å²) in [6, 6.07) is 10.9. The van der Waals surface area contributed by atoms with E-state index in [9.17, 15) is 28.8 Å². The molecule has 0 aromatic heterocycles. The average Bonchev–Trinajstić information content (AvgIpc) is 2.94. The van der Waals surface area contributed by atoms with Crippen LogP contribution in [0.15, 0.2) is 65.0 Å². The Balaban J connectivity index is 1.57. The highest BCUT2D eigenvalue weighted by molar-refractivity contribution is 6.30. The molecule has 2 aromatic rings. The number of rotatable bonds is 8. The molecule has 1 heterocycles. The fraction of sp³-hybridized carbons (Fsp3) is 0.267. The molecule has 11 nitrogen and oxygen atoms in total. The summed E-state index contributed by atoms with van der Waals surface area (Å²) in [5, 5.41) is 5.42. The van der Waals surface area contributed by atoms with Crippen LogP contribution in [0.25, 0.3) is 0 Å². The van der Waals surface area contributed by atoms with E-state index in [1.54, 1.807) is 45.9 Å². The number of fused-ring (bicyclic) bond motifs is 2. The van der Waals surface area contributed by atoms with Crippen LogP contribution in [0.2, 0.25) is 0 Å². The number of allylic oxidation sites excluding steroid dienone is 2. The number of ketones is 2. The molecule has 2 aliphatic rings. The first kappa shape index (κ1) is 28.9. The molecule has 2 N–H and O–H groups in total. The molecule has 1 aliphatic carbocycles. The van der Waals surface area contributed by atoms with Crippen LogP contribution in [0.3, 0.4) is 0 Å². The van der Waals surface area contributed by atoms with E-state index in [1.807, 2.05) is 0 Å². The average molecular weight is 561 g/mol. The normalized spacial score (nSPS) is 14.5. The van der Waals surface area contributed by atoms with Gasteiger partial charge in [0, 0.05) is 28.1 Å². The van der Waals surface area contributed by atoms with Crippen LogP contribution < -0.4 is 10.6 Å². The second-order valence-electron chi connectivity index (χ2n) is 9.16. The van der Waals surface area contributed by atoms with Crippen LogP contribution in [-0.2, 0) is 33.4 Å². The summed E-state index contributed by atoms with van der Waals surface area (Å²) in [6.07, 6.45) is 0. The van der Waals surface area contributed by atoms with E-state index in [1.165, 1.54) is 24.3 Å². The zero-order chi connectivity index (χ0) is 29.8. The van der Waals surface area contributed by atoms with Crippen molar-refractivity contribution in [1.29, 1.82) is 0 Å². The molecule has 212 valence electrons. The van der Waals surface area contributed by atoms with E-state index >= 15 is 0 Å². The number of dihydropyridines is 1. The summed E-state index contributed by atoms with van der Waals surface area (Å²) in [6.45, 7) is 5.49. The highest BCUT2D eigenvalue weighted by Crippen LogP contribution is 2.34. The third kappa shape index (κ3) is 5.51. The number of hydrogen-bond donors (Lipinski definition) is 2. The van der Waals surface area contributed by atoms with Crippen molar-refractivity contribution >= 4 is 41.1 Å². The van der Waals surface area contributed by atoms with Crippen LogP contribution >= 0.6 is 0 Å². The van der Waals surface area contributed by atoms with E-state index < -0.39 is 42.1 Å².